The summed E-state index contributed by atoms with van der Waals surface area (Å²) in [6.07, 6.45) is 0. The molecule has 0 aliphatic rings. The largest absolute Gasteiger partial charge is 0.323 e. The molecule has 0 aromatic heterocycles. The van der Waals surface area contributed by atoms with Crippen molar-refractivity contribution in [2.45, 2.75) is 19.6 Å². The van der Waals surface area contributed by atoms with Gasteiger partial charge in [0.2, 0.25) is 0 Å². The van der Waals surface area contributed by atoms with Crippen LogP contribution in [0.2, 0.25) is 19.6 Å². The second-order valence-electron chi connectivity index (χ2n) is 5.64. The molecule has 0 spiro atoms. The number of nitrogens with one attached hydrogen (secondary N) is 1. The van der Waals surface area contributed by atoms with Crippen molar-refractivity contribution in [3.8, 4) is 0 Å². The van der Waals surface area contributed by atoms with E-state index in [4.69, 9.17) is 0 Å². The molecule has 2 rings (SSSR count). The van der Waals surface area contributed by atoms with Crippen molar-refractivity contribution in [2.24, 2.45) is 0 Å². The monoisotopic (exact) mass is 284 g/mol. The van der Waals surface area contributed by atoms with Crippen molar-refractivity contribution in [1.29, 1.82) is 0 Å². The van der Waals surface area contributed by atoms with Gasteiger partial charge in [-0.2, -0.15) is 0 Å². The van der Waals surface area contributed by atoms with Crippen LogP contribution >= 0.6 is 0 Å². The van der Waals surface area contributed by atoms with Crippen molar-refractivity contribution in [3.05, 3.63) is 60.7 Å². The highest BCUT2D eigenvalue weighted by Gasteiger charge is 2.30. The molecule has 0 heterocycles. The zero-order valence-corrected chi connectivity index (χ0v) is 13.1. The summed E-state index contributed by atoms with van der Waals surface area (Å²) in [4.78, 5) is 12.6. The summed E-state index contributed by atoms with van der Waals surface area (Å²) in [5.41, 5.74) is 1.76. The number of carbonyl (C=O) groups excluding carboxylic acids is 1. The van der Waals surface area contributed by atoms with E-state index in [0.717, 1.165) is 11.4 Å². The van der Waals surface area contributed by atoms with Gasteiger partial charge in [-0.1, -0.05) is 56.0 Å². The number of anilines is 2. The molecule has 0 aliphatic heterocycles. The summed E-state index contributed by atoms with van der Waals surface area (Å²) >= 11 is 0. The van der Waals surface area contributed by atoms with Gasteiger partial charge in [-0.05, 0) is 24.3 Å². The van der Waals surface area contributed by atoms with Crippen molar-refractivity contribution >= 4 is 25.6 Å². The number of nitrogens with zero attached hydrogens (tertiary/aromatic N) is 1. The van der Waals surface area contributed by atoms with Crippen LogP contribution < -0.4 is 9.88 Å². The van der Waals surface area contributed by atoms with Crippen LogP contribution in [0.25, 0.3) is 0 Å². The molecule has 20 heavy (non-hydrogen) atoms. The standard InChI is InChI=1S/C16H20N2OSi/c1-20(2,3)18(15-12-8-5-9-13-15)16(19)17-14-10-6-4-7-11-14/h4-13H,1-3H3,(H,17,19). The molecule has 0 aliphatic carbocycles. The first-order valence-electron chi connectivity index (χ1n) is 6.70. The molecule has 2 aromatic rings. The molecule has 4 heteroatoms. The molecule has 0 saturated carbocycles. The lowest BCUT2D eigenvalue weighted by molar-refractivity contribution is 0.259. The normalized spacial score (nSPS) is 10.9. The van der Waals surface area contributed by atoms with Crippen LogP contribution in [-0.2, 0) is 0 Å². The van der Waals surface area contributed by atoms with Gasteiger partial charge in [0.25, 0.3) is 0 Å². The zero-order valence-electron chi connectivity index (χ0n) is 12.1. The lowest BCUT2D eigenvalue weighted by Gasteiger charge is -2.34. The van der Waals surface area contributed by atoms with Gasteiger partial charge < -0.3 is 9.88 Å². The smallest absolute Gasteiger partial charge is 0.318 e. The van der Waals surface area contributed by atoms with Crippen molar-refractivity contribution < 1.29 is 4.79 Å². The molecule has 0 bridgehead atoms. The molecule has 2 amide bonds. The minimum atomic E-state index is -1.82. The van der Waals surface area contributed by atoms with Gasteiger partial charge in [0, 0.05) is 11.4 Å². The molecule has 3 nitrogen and oxygen atoms in total. The van der Waals surface area contributed by atoms with Gasteiger partial charge in [0.15, 0.2) is 8.24 Å². The van der Waals surface area contributed by atoms with Gasteiger partial charge >= 0.3 is 6.03 Å². The fourth-order valence-electron chi connectivity index (χ4n) is 2.09. The Kier molecular flexibility index (Phi) is 4.25. The number of benzene rings is 2. The molecule has 0 saturated heterocycles. The molecule has 2 aromatic carbocycles. The van der Waals surface area contributed by atoms with E-state index in [1.165, 1.54) is 0 Å². The Balaban J connectivity index is 2.26. The Labute approximate surface area is 121 Å². The second-order valence-corrected chi connectivity index (χ2v) is 10.4. The van der Waals surface area contributed by atoms with E-state index < -0.39 is 8.24 Å². The SMILES string of the molecule is C[Si](C)(C)N(C(=O)Nc1ccccc1)c1ccccc1. The van der Waals surface area contributed by atoms with E-state index in [1.54, 1.807) is 0 Å². The number of para-hydroxylation sites is 2. The molecular formula is C16H20N2OSi. The maximum atomic E-state index is 12.6. The predicted octanol–water partition coefficient (Wildman–Crippen LogP) is 4.56. The third kappa shape index (κ3) is 3.48. The topological polar surface area (TPSA) is 32.3 Å². The summed E-state index contributed by atoms with van der Waals surface area (Å²) in [7, 11) is -1.82. The third-order valence-electron chi connectivity index (χ3n) is 2.91. The van der Waals surface area contributed by atoms with E-state index in [1.807, 2.05) is 65.2 Å². The van der Waals surface area contributed by atoms with Crippen LogP contribution in [0.5, 0.6) is 0 Å². The maximum Gasteiger partial charge on any atom is 0.318 e. The van der Waals surface area contributed by atoms with Crippen LogP contribution in [-0.4, -0.2) is 14.3 Å². The van der Waals surface area contributed by atoms with Gasteiger partial charge in [-0.3, -0.25) is 0 Å². The zero-order chi connectivity index (χ0) is 14.6. The maximum absolute atomic E-state index is 12.6. The number of carbonyl (C=O) groups is 1. The highest BCUT2D eigenvalue weighted by molar-refractivity contribution is 6.83. The lowest BCUT2D eigenvalue weighted by atomic mass is 10.3. The van der Waals surface area contributed by atoms with E-state index >= 15 is 0 Å². The highest BCUT2D eigenvalue weighted by Crippen LogP contribution is 2.22. The average molecular weight is 284 g/mol. The van der Waals surface area contributed by atoms with Crippen molar-refractivity contribution in [1.82, 2.24) is 0 Å². The summed E-state index contributed by atoms with van der Waals surface area (Å²) in [5.74, 6) is 0. The molecule has 0 fully saturated rings. The number of amides is 2. The van der Waals surface area contributed by atoms with Crippen LogP contribution in [0.15, 0.2) is 60.7 Å². The number of hydrogen-bond acceptors (Lipinski definition) is 1. The minimum absolute atomic E-state index is 0.0680. The predicted molar refractivity (Wildman–Crippen MR) is 87.7 cm³/mol. The van der Waals surface area contributed by atoms with Crippen LogP contribution in [0.4, 0.5) is 16.2 Å². The van der Waals surface area contributed by atoms with E-state index in [2.05, 4.69) is 25.0 Å². The summed E-state index contributed by atoms with van der Waals surface area (Å²) in [6, 6.07) is 19.3. The molecule has 0 atom stereocenters. The molecule has 104 valence electrons. The van der Waals surface area contributed by atoms with Gasteiger partial charge in [0.05, 0.1) is 0 Å². The quantitative estimate of drug-likeness (QED) is 0.823. The highest BCUT2D eigenvalue weighted by atomic mass is 28.3. The molecule has 0 radical (unpaired) electrons. The first-order valence-corrected chi connectivity index (χ1v) is 10.1. The lowest BCUT2D eigenvalue weighted by Crippen LogP contribution is -2.52. The van der Waals surface area contributed by atoms with Gasteiger partial charge in [-0.25, -0.2) is 4.79 Å². The van der Waals surface area contributed by atoms with Crippen LogP contribution in [0.3, 0.4) is 0 Å². The Morgan fingerprint density at radius 1 is 0.900 bits per heavy atom. The van der Waals surface area contributed by atoms with Crippen LogP contribution in [0.1, 0.15) is 0 Å². The second kappa shape index (κ2) is 5.92. The van der Waals surface area contributed by atoms with Gasteiger partial charge in [-0.15, -0.1) is 0 Å². The molecular weight excluding hydrogens is 264 g/mol. The van der Waals surface area contributed by atoms with E-state index in [9.17, 15) is 4.79 Å². The summed E-state index contributed by atoms with van der Waals surface area (Å²) < 4.78 is 1.90. The van der Waals surface area contributed by atoms with E-state index in [0.29, 0.717) is 0 Å². The average Bonchev–Trinajstić information content (AvgIpc) is 2.39. The number of hydrogen-bond donors (Lipinski definition) is 1. The molecule has 0 unspecified atom stereocenters. The van der Waals surface area contributed by atoms with Crippen molar-refractivity contribution in [3.63, 3.8) is 0 Å². The number of rotatable bonds is 3. The third-order valence-corrected chi connectivity index (χ3v) is 4.72. The first-order chi connectivity index (χ1) is 9.48. The Morgan fingerprint density at radius 3 is 1.90 bits per heavy atom. The summed E-state index contributed by atoms with van der Waals surface area (Å²) in [5, 5.41) is 2.97. The fourth-order valence-corrected chi connectivity index (χ4v) is 3.68. The Morgan fingerprint density at radius 2 is 1.40 bits per heavy atom. The van der Waals surface area contributed by atoms with Gasteiger partial charge in [0.1, 0.15) is 0 Å². The number of urea groups is 1. The Hall–Kier alpha value is -2.07. The minimum Gasteiger partial charge on any atom is -0.323 e. The Bertz CT molecular complexity index is 564. The summed E-state index contributed by atoms with van der Waals surface area (Å²) in [6.45, 7) is 6.47. The molecule has 1 N–H and O–H groups in total. The van der Waals surface area contributed by atoms with Crippen molar-refractivity contribution in [2.75, 3.05) is 9.88 Å². The first kappa shape index (κ1) is 14.3. The fraction of sp³-hybridized carbons (Fsp3) is 0.188. The van der Waals surface area contributed by atoms with E-state index in [-0.39, 0.29) is 6.03 Å². The van der Waals surface area contributed by atoms with Crippen LogP contribution in [0, 0.1) is 0 Å².